The van der Waals surface area contributed by atoms with Crippen LogP contribution in [-0.2, 0) is 0 Å². The fourth-order valence-electron chi connectivity index (χ4n) is 8.07. The number of hydrogen-bond acceptors (Lipinski definition) is 2. The first-order valence-corrected chi connectivity index (χ1v) is 23.4. The van der Waals surface area contributed by atoms with Crippen molar-refractivity contribution in [1.29, 1.82) is 0 Å². The van der Waals surface area contributed by atoms with Gasteiger partial charge in [0.25, 0.3) is 0 Å². The summed E-state index contributed by atoms with van der Waals surface area (Å²) in [5.74, 6) is 0. The Kier molecular flexibility index (Phi) is 12.3. The van der Waals surface area contributed by atoms with Crippen LogP contribution < -0.4 is 0 Å². The number of benzene rings is 8. The van der Waals surface area contributed by atoms with Gasteiger partial charge in [-0.1, -0.05) is 201 Å². The Labute approximate surface area is 366 Å². The summed E-state index contributed by atoms with van der Waals surface area (Å²) in [4.78, 5) is 0. The lowest BCUT2D eigenvalue weighted by atomic mass is 9.85. The van der Waals surface area contributed by atoms with Gasteiger partial charge in [-0.2, -0.15) is 0 Å². The minimum atomic E-state index is 0.183. The van der Waals surface area contributed by atoms with Crippen molar-refractivity contribution in [3.63, 3.8) is 0 Å². The van der Waals surface area contributed by atoms with Crippen molar-refractivity contribution in [2.45, 2.75) is 65.9 Å². The van der Waals surface area contributed by atoms with Gasteiger partial charge >= 0.3 is 0 Å². The number of rotatable bonds is 11. The van der Waals surface area contributed by atoms with Crippen LogP contribution in [0.5, 0.6) is 0 Å². The molecule has 0 aliphatic heterocycles. The molecule has 0 saturated carbocycles. The Morgan fingerprint density at radius 2 is 0.500 bits per heavy atom. The van der Waals surface area contributed by atoms with Crippen molar-refractivity contribution in [2.75, 3.05) is 0 Å². The average Bonchev–Trinajstić information content (AvgIpc) is 3.26. The molecule has 298 valence electrons. The van der Waals surface area contributed by atoms with Crippen LogP contribution in [0.15, 0.2) is 170 Å². The lowest BCUT2D eigenvalue weighted by Gasteiger charge is -2.25. The van der Waals surface area contributed by atoms with Crippen molar-refractivity contribution in [2.24, 2.45) is 0 Å². The lowest BCUT2D eigenvalue weighted by molar-refractivity contribution is 1.10. The van der Waals surface area contributed by atoms with Crippen LogP contribution in [-0.4, -0.2) is 0 Å². The Bertz CT molecular complexity index is 2530. The van der Waals surface area contributed by atoms with E-state index >= 15 is 0 Å². The number of aryl methyl sites for hydroxylation is 6. The van der Waals surface area contributed by atoms with Gasteiger partial charge in [-0.25, -0.2) is 0 Å². The van der Waals surface area contributed by atoms with Crippen LogP contribution >= 0.6 is 21.6 Å². The first-order valence-electron chi connectivity index (χ1n) is 21.1. The molecule has 0 aromatic heterocycles. The molecule has 0 saturated heterocycles. The molecule has 8 aromatic rings. The third-order valence-electron chi connectivity index (χ3n) is 11.7. The maximum atomic E-state index is 2.46. The van der Waals surface area contributed by atoms with Crippen LogP contribution in [0.1, 0.15) is 68.9 Å². The molecule has 0 heterocycles. The third kappa shape index (κ3) is 9.11. The first-order chi connectivity index (χ1) is 29.0. The van der Waals surface area contributed by atoms with Crippen LogP contribution in [0.2, 0.25) is 0 Å². The van der Waals surface area contributed by atoms with Gasteiger partial charge < -0.3 is 0 Å². The molecule has 0 aliphatic rings. The fraction of sp³-hybridized carbons (Fsp3) is 0.172. The zero-order valence-electron chi connectivity index (χ0n) is 36.1. The van der Waals surface area contributed by atoms with Gasteiger partial charge in [0.15, 0.2) is 0 Å². The summed E-state index contributed by atoms with van der Waals surface area (Å²) in [6, 6.07) is 64.1. The van der Waals surface area contributed by atoms with Crippen LogP contribution in [0.4, 0.5) is 0 Å². The van der Waals surface area contributed by atoms with E-state index in [0.717, 1.165) is 0 Å². The molecule has 60 heavy (non-hydrogen) atoms. The van der Waals surface area contributed by atoms with Gasteiger partial charge in [-0.15, -0.1) is 0 Å². The Morgan fingerprint density at radius 3 is 0.767 bits per heavy atom. The minimum absolute atomic E-state index is 0.183. The Hall–Kier alpha value is -5.54. The summed E-state index contributed by atoms with van der Waals surface area (Å²) in [6.07, 6.45) is 0. The molecular weight excluding hydrogens is 761 g/mol. The molecule has 0 nitrogen and oxygen atoms in total. The molecular formula is C58H54S2. The van der Waals surface area contributed by atoms with Crippen molar-refractivity contribution >= 4 is 21.6 Å². The predicted molar refractivity (Wildman–Crippen MR) is 266 cm³/mol. The first kappa shape index (κ1) is 41.2. The summed E-state index contributed by atoms with van der Waals surface area (Å²) in [5, 5.41) is 0.367. The molecule has 2 heteroatoms. The minimum Gasteiger partial charge on any atom is -0.0856 e. The summed E-state index contributed by atoms with van der Waals surface area (Å²) in [5.41, 5.74) is 25.4. The van der Waals surface area contributed by atoms with Gasteiger partial charge in [-0.05, 0) is 158 Å². The van der Waals surface area contributed by atoms with E-state index in [1.54, 1.807) is 0 Å². The maximum absolute atomic E-state index is 2.46. The second-order valence-corrected chi connectivity index (χ2v) is 19.6. The standard InChI is InChI=1S/C58H54S2/c1-37-9-21-45(22-10-37)51-33-53(57(49-29-17-41(5)18-30-49)55(35-51)47-25-13-39(3)14-26-47)43(7)59-60-44(8)54-34-52(46-23-11-38(2)12-24-46)36-56(48-27-15-40(4)16-28-48)58(54)50-31-19-42(6)20-32-50/h9-36,43-44H,1-8H3/t43-,44-/m1/s1. The van der Waals surface area contributed by atoms with Crippen molar-refractivity contribution in [3.05, 3.63) is 214 Å². The second kappa shape index (κ2) is 18.0. The molecule has 0 fully saturated rings. The zero-order valence-corrected chi connectivity index (χ0v) is 37.8. The topological polar surface area (TPSA) is 0 Å². The van der Waals surface area contributed by atoms with Gasteiger partial charge in [0, 0.05) is 10.5 Å². The van der Waals surface area contributed by atoms with Crippen LogP contribution in [0.3, 0.4) is 0 Å². The normalized spacial score (nSPS) is 12.3. The smallest absolute Gasteiger partial charge is 0.0379 e. The van der Waals surface area contributed by atoms with Crippen LogP contribution in [0.25, 0.3) is 66.8 Å². The Morgan fingerprint density at radius 1 is 0.267 bits per heavy atom. The van der Waals surface area contributed by atoms with Crippen molar-refractivity contribution in [1.82, 2.24) is 0 Å². The highest BCUT2D eigenvalue weighted by Gasteiger charge is 2.24. The van der Waals surface area contributed by atoms with E-state index in [-0.39, 0.29) is 10.5 Å². The highest BCUT2D eigenvalue weighted by Crippen LogP contribution is 2.53. The molecule has 0 aliphatic carbocycles. The van der Waals surface area contributed by atoms with E-state index in [1.807, 2.05) is 21.6 Å². The van der Waals surface area contributed by atoms with Crippen molar-refractivity contribution in [3.8, 4) is 66.8 Å². The zero-order chi connectivity index (χ0) is 41.9. The third-order valence-corrected chi connectivity index (χ3v) is 15.0. The quantitative estimate of drug-likeness (QED) is 0.119. The largest absolute Gasteiger partial charge is 0.0856 e. The van der Waals surface area contributed by atoms with Crippen molar-refractivity contribution < 1.29 is 0 Å². The van der Waals surface area contributed by atoms with Gasteiger partial charge in [0.1, 0.15) is 0 Å². The molecule has 0 bridgehead atoms. The van der Waals surface area contributed by atoms with E-state index in [0.29, 0.717) is 0 Å². The molecule has 0 radical (unpaired) electrons. The monoisotopic (exact) mass is 814 g/mol. The summed E-state index contributed by atoms with van der Waals surface area (Å²) in [7, 11) is 3.97. The summed E-state index contributed by atoms with van der Waals surface area (Å²) < 4.78 is 0. The highest BCUT2D eigenvalue weighted by molar-refractivity contribution is 8.76. The number of hydrogen-bond donors (Lipinski definition) is 0. The molecule has 0 amide bonds. The van der Waals surface area contributed by atoms with Gasteiger partial charge in [-0.3, -0.25) is 0 Å². The SMILES string of the molecule is Cc1ccc(-c2cc(-c3ccc(C)cc3)c(-c3ccc(C)cc3)c([C@@H](C)SS[C@H](C)c3cc(-c4ccc(C)cc4)cc(-c4ccc(C)cc4)c3-c3ccc(C)cc3)c2)cc1. The van der Waals surface area contributed by atoms with Gasteiger partial charge in [0.2, 0.25) is 0 Å². The molecule has 2 atom stereocenters. The lowest BCUT2D eigenvalue weighted by Crippen LogP contribution is -2.00. The molecule has 0 spiro atoms. The van der Waals surface area contributed by atoms with E-state index in [9.17, 15) is 0 Å². The Balaban J connectivity index is 1.26. The molecule has 8 aromatic carbocycles. The summed E-state index contributed by atoms with van der Waals surface area (Å²) >= 11 is 0. The van der Waals surface area contributed by atoms with Gasteiger partial charge in [0.05, 0.1) is 0 Å². The highest BCUT2D eigenvalue weighted by atomic mass is 33.1. The molecule has 0 unspecified atom stereocenters. The fourth-order valence-corrected chi connectivity index (χ4v) is 10.6. The average molecular weight is 815 g/mol. The van der Waals surface area contributed by atoms with E-state index in [2.05, 4.69) is 225 Å². The van der Waals surface area contributed by atoms with E-state index in [4.69, 9.17) is 0 Å². The maximum Gasteiger partial charge on any atom is 0.0379 e. The van der Waals surface area contributed by atoms with Crippen LogP contribution in [0, 0.1) is 41.5 Å². The van der Waals surface area contributed by atoms with E-state index in [1.165, 1.54) is 111 Å². The molecule has 0 N–H and O–H groups in total. The predicted octanol–water partition coefficient (Wildman–Crippen LogP) is 17.7. The molecule has 8 rings (SSSR count). The van der Waals surface area contributed by atoms with E-state index < -0.39 is 0 Å². The second-order valence-electron chi connectivity index (χ2n) is 16.6. The summed E-state index contributed by atoms with van der Waals surface area (Å²) in [6.45, 7) is 17.8.